The quantitative estimate of drug-likeness (QED) is 0.635. The van der Waals surface area contributed by atoms with E-state index in [4.69, 9.17) is 10.8 Å². The minimum absolute atomic E-state index is 0.0830. The topological polar surface area (TPSA) is 102 Å². The Hall–Kier alpha value is -2.24. The summed E-state index contributed by atoms with van der Waals surface area (Å²) in [5, 5.41) is 11.1. The summed E-state index contributed by atoms with van der Waals surface area (Å²) in [6.45, 7) is 0. The lowest BCUT2D eigenvalue weighted by molar-refractivity contribution is 0.0698. The van der Waals surface area contributed by atoms with Crippen molar-refractivity contribution in [3.63, 3.8) is 0 Å². The molecular formula is C9H10N2O4. The number of carbonyl (C=O) groups excluding carboxylic acids is 1. The van der Waals surface area contributed by atoms with Gasteiger partial charge < -0.3 is 15.6 Å². The largest absolute Gasteiger partial charge is 0.478 e. The lowest BCUT2D eigenvalue weighted by Crippen LogP contribution is -2.14. The van der Waals surface area contributed by atoms with E-state index < -0.39 is 12.1 Å². The van der Waals surface area contributed by atoms with Gasteiger partial charge in [-0.05, 0) is 18.2 Å². The predicted molar refractivity (Wildman–Crippen MR) is 53.8 cm³/mol. The number of amides is 1. The number of methoxy groups -OCH3 is 1. The monoisotopic (exact) mass is 210 g/mol. The maximum Gasteiger partial charge on any atom is 0.411 e. The minimum Gasteiger partial charge on any atom is -0.478 e. The summed E-state index contributed by atoms with van der Waals surface area (Å²) in [7, 11) is 1.19. The van der Waals surface area contributed by atoms with E-state index in [9.17, 15) is 9.59 Å². The van der Waals surface area contributed by atoms with Crippen LogP contribution in [-0.4, -0.2) is 24.3 Å². The molecule has 0 atom stereocenters. The first-order chi connectivity index (χ1) is 7.04. The van der Waals surface area contributed by atoms with Crippen LogP contribution in [0.25, 0.3) is 0 Å². The average molecular weight is 210 g/mol. The van der Waals surface area contributed by atoms with Gasteiger partial charge in [0.25, 0.3) is 0 Å². The van der Waals surface area contributed by atoms with Gasteiger partial charge in [0.2, 0.25) is 0 Å². The van der Waals surface area contributed by atoms with Crippen molar-refractivity contribution in [3.05, 3.63) is 23.8 Å². The lowest BCUT2D eigenvalue weighted by atomic mass is 10.1. The van der Waals surface area contributed by atoms with Gasteiger partial charge in [0.15, 0.2) is 0 Å². The fourth-order valence-electron chi connectivity index (χ4n) is 1.01. The normalized spacial score (nSPS) is 9.40. The molecule has 1 rings (SSSR count). The van der Waals surface area contributed by atoms with Crippen LogP contribution >= 0.6 is 0 Å². The van der Waals surface area contributed by atoms with Gasteiger partial charge in [-0.2, -0.15) is 0 Å². The number of ether oxygens (including phenoxy) is 1. The third-order valence-electron chi connectivity index (χ3n) is 1.70. The summed E-state index contributed by atoms with van der Waals surface area (Å²) in [4.78, 5) is 21.7. The molecule has 0 heterocycles. The number of carboxylic acid groups (broad SMARTS) is 1. The molecule has 0 saturated carbocycles. The van der Waals surface area contributed by atoms with Crippen molar-refractivity contribution in [1.29, 1.82) is 0 Å². The zero-order valence-electron chi connectivity index (χ0n) is 7.98. The molecule has 1 amide bonds. The maximum absolute atomic E-state index is 10.9. The number of carbonyl (C=O) groups is 2. The minimum atomic E-state index is -1.17. The van der Waals surface area contributed by atoms with Gasteiger partial charge in [0.1, 0.15) is 0 Å². The van der Waals surface area contributed by atoms with E-state index in [0.29, 0.717) is 5.69 Å². The molecule has 0 aliphatic carbocycles. The highest BCUT2D eigenvalue weighted by Crippen LogP contribution is 2.18. The summed E-state index contributed by atoms with van der Waals surface area (Å²) in [5.41, 5.74) is 5.79. The maximum atomic E-state index is 10.9. The Morgan fingerprint density at radius 1 is 1.47 bits per heavy atom. The number of aromatic carboxylic acids is 1. The summed E-state index contributed by atoms with van der Waals surface area (Å²) >= 11 is 0. The molecule has 0 aliphatic heterocycles. The van der Waals surface area contributed by atoms with Crippen LogP contribution in [0.4, 0.5) is 16.2 Å². The number of benzene rings is 1. The van der Waals surface area contributed by atoms with Crippen molar-refractivity contribution in [2.45, 2.75) is 0 Å². The van der Waals surface area contributed by atoms with Crippen molar-refractivity contribution < 1.29 is 19.4 Å². The van der Waals surface area contributed by atoms with Crippen LogP contribution in [-0.2, 0) is 4.74 Å². The molecule has 1 aromatic carbocycles. The fraction of sp³-hybridized carbons (Fsp3) is 0.111. The van der Waals surface area contributed by atoms with Gasteiger partial charge in [-0.25, -0.2) is 9.59 Å². The smallest absolute Gasteiger partial charge is 0.411 e. The predicted octanol–water partition coefficient (Wildman–Crippen LogP) is 1.15. The number of rotatable bonds is 2. The van der Waals surface area contributed by atoms with Crippen LogP contribution in [0.1, 0.15) is 10.4 Å². The first-order valence-electron chi connectivity index (χ1n) is 4.02. The number of anilines is 2. The van der Waals surface area contributed by atoms with Gasteiger partial charge in [-0.3, -0.25) is 5.32 Å². The van der Waals surface area contributed by atoms with Gasteiger partial charge >= 0.3 is 12.1 Å². The van der Waals surface area contributed by atoms with E-state index in [-0.39, 0.29) is 11.3 Å². The molecule has 0 aliphatic rings. The van der Waals surface area contributed by atoms with Gasteiger partial charge in [0, 0.05) is 5.69 Å². The standard InChI is InChI=1S/C9H10N2O4/c1-15-9(14)11-7-3-2-5(10)4-6(7)8(12)13/h2-4H,10H2,1H3,(H,11,14)(H,12,13). The Morgan fingerprint density at radius 3 is 2.67 bits per heavy atom. The first-order valence-corrected chi connectivity index (χ1v) is 4.02. The molecule has 6 heteroatoms. The molecule has 0 bridgehead atoms. The van der Waals surface area contributed by atoms with Gasteiger partial charge in [-0.1, -0.05) is 0 Å². The van der Waals surface area contributed by atoms with Crippen LogP contribution in [0.15, 0.2) is 18.2 Å². The molecule has 0 radical (unpaired) electrons. The van der Waals surface area contributed by atoms with Crippen LogP contribution in [0.5, 0.6) is 0 Å². The third kappa shape index (κ3) is 2.60. The Kier molecular flexibility index (Phi) is 3.12. The summed E-state index contributed by atoms with van der Waals surface area (Å²) in [6, 6.07) is 4.14. The number of carboxylic acids is 1. The van der Waals surface area contributed by atoms with E-state index in [1.807, 2.05) is 0 Å². The number of nitrogens with two attached hydrogens (primary N) is 1. The average Bonchev–Trinajstić information content (AvgIpc) is 2.20. The first kappa shape index (κ1) is 10.8. The number of nitrogen functional groups attached to an aromatic ring is 1. The highest BCUT2D eigenvalue weighted by atomic mass is 16.5. The van der Waals surface area contributed by atoms with Crippen LogP contribution in [0, 0.1) is 0 Å². The molecule has 0 spiro atoms. The van der Waals surface area contributed by atoms with Crippen molar-refractivity contribution >= 4 is 23.4 Å². The molecular weight excluding hydrogens is 200 g/mol. The fourth-order valence-corrected chi connectivity index (χ4v) is 1.01. The van der Waals surface area contributed by atoms with Gasteiger partial charge in [-0.15, -0.1) is 0 Å². The van der Waals surface area contributed by atoms with E-state index in [1.54, 1.807) is 0 Å². The number of hydrogen-bond donors (Lipinski definition) is 3. The molecule has 80 valence electrons. The summed E-state index contributed by atoms with van der Waals surface area (Å²) in [5.74, 6) is -1.17. The van der Waals surface area contributed by atoms with E-state index in [2.05, 4.69) is 10.1 Å². The SMILES string of the molecule is COC(=O)Nc1ccc(N)cc1C(=O)O. The Labute approximate surface area is 85.6 Å². The van der Waals surface area contributed by atoms with E-state index >= 15 is 0 Å². The van der Waals surface area contributed by atoms with Crippen molar-refractivity contribution in [3.8, 4) is 0 Å². The lowest BCUT2D eigenvalue weighted by Gasteiger charge is -2.07. The zero-order chi connectivity index (χ0) is 11.4. The summed E-state index contributed by atoms with van der Waals surface area (Å²) < 4.78 is 4.34. The molecule has 15 heavy (non-hydrogen) atoms. The van der Waals surface area contributed by atoms with E-state index in [1.165, 1.54) is 25.3 Å². The molecule has 0 unspecified atom stereocenters. The molecule has 6 nitrogen and oxygen atoms in total. The Morgan fingerprint density at radius 2 is 2.13 bits per heavy atom. The third-order valence-corrected chi connectivity index (χ3v) is 1.70. The molecule has 0 aromatic heterocycles. The second-order valence-corrected chi connectivity index (χ2v) is 2.73. The van der Waals surface area contributed by atoms with Crippen LogP contribution in [0.3, 0.4) is 0 Å². The highest BCUT2D eigenvalue weighted by Gasteiger charge is 2.12. The highest BCUT2D eigenvalue weighted by molar-refractivity contribution is 5.99. The zero-order valence-corrected chi connectivity index (χ0v) is 7.98. The Balaban J connectivity index is 3.06. The summed E-state index contributed by atoms with van der Waals surface area (Å²) in [6.07, 6.45) is -0.734. The van der Waals surface area contributed by atoms with Crippen molar-refractivity contribution in [2.75, 3.05) is 18.2 Å². The number of nitrogens with one attached hydrogen (secondary N) is 1. The van der Waals surface area contributed by atoms with Crippen LogP contribution < -0.4 is 11.1 Å². The second-order valence-electron chi connectivity index (χ2n) is 2.73. The molecule has 1 aromatic rings. The van der Waals surface area contributed by atoms with Gasteiger partial charge in [0.05, 0.1) is 18.4 Å². The Bertz CT molecular complexity index is 403. The molecule has 0 saturated heterocycles. The van der Waals surface area contributed by atoms with Crippen molar-refractivity contribution in [1.82, 2.24) is 0 Å². The van der Waals surface area contributed by atoms with Crippen LogP contribution in [0.2, 0.25) is 0 Å². The second kappa shape index (κ2) is 4.32. The van der Waals surface area contributed by atoms with Crippen molar-refractivity contribution in [2.24, 2.45) is 0 Å². The molecule has 4 N–H and O–H groups in total. The molecule has 0 fully saturated rings. The number of hydrogen-bond acceptors (Lipinski definition) is 4. The van der Waals surface area contributed by atoms with E-state index in [0.717, 1.165) is 0 Å².